The van der Waals surface area contributed by atoms with E-state index in [1.807, 2.05) is 54.0 Å². The summed E-state index contributed by atoms with van der Waals surface area (Å²) in [7, 11) is 0. The summed E-state index contributed by atoms with van der Waals surface area (Å²) in [5, 5.41) is 13.2. The maximum Gasteiger partial charge on any atom is 0.255 e. The fourth-order valence-electron chi connectivity index (χ4n) is 3.09. The van der Waals surface area contributed by atoms with E-state index in [9.17, 15) is 4.79 Å². The molecule has 0 saturated carbocycles. The molecule has 1 amide bonds. The SMILES string of the molecule is Cl.O=C(N[C@H]1CCCNC1)c1cn(-c2ccccc2)nc1-c1cccs1. The molecule has 1 aliphatic rings. The largest absolute Gasteiger partial charge is 0.348 e. The molecule has 0 spiro atoms. The van der Waals surface area contributed by atoms with Gasteiger partial charge in [0, 0.05) is 18.8 Å². The molecular formula is C19H21ClN4OS. The average molecular weight is 389 g/mol. The molecule has 1 aromatic carbocycles. The first-order valence-electron chi connectivity index (χ1n) is 8.52. The summed E-state index contributed by atoms with van der Waals surface area (Å²) in [6.45, 7) is 1.85. The monoisotopic (exact) mass is 388 g/mol. The van der Waals surface area contributed by atoms with E-state index in [0.29, 0.717) is 5.56 Å². The molecular weight excluding hydrogens is 368 g/mol. The minimum absolute atomic E-state index is 0. The van der Waals surface area contributed by atoms with Gasteiger partial charge < -0.3 is 10.6 Å². The van der Waals surface area contributed by atoms with Crippen molar-refractivity contribution in [2.45, 2.75) is 18.9 Å². The number of rotatable bonds is 4. The molecule has 0 radical (unpaired) electrons. The first kappa shape index (κ1) is 18.6. The Morgan fingerprint density at radius 2 is 2.08 bits per heavy atom. The molecule has 7 heteroatoms. The van der Waals surface area contributed by atoms with Gasteiger partial charge in [-0.1, -0.05) is 24.3 Å². The number of thiophene rings is 1. The van der Waals surface area contributed by atoms with Gasteiger partial charge in [0.1, 0.15) is 5.69 Å². The van der Waals surface area contributed by atoms with E-state index in [1.54, 1.807) is 16.0 Å². The average Bonchev–Trinajstić information content (AvgIpc) is 3.33. The van der Waals surface area contributed by atoms with Crippen molar-refractivity contribution in [2.24, 2.45) is 0 Å². The van der Waals surface area contributed by atoms with Gasteiger partial charge in [0.05, 0.1) is 16.1 Å². The van der Waals surface area contributed by atoms with Gasteiger partial charge in [0.25, 0.3) is 5.91 Å². The number of nitrogens with zero attached hydrogens (tertiary/aromatic N) is 2. The first-order valence-corrected chi connectivity index (χ1v) is 9.40. The number of carbonyl (C=O) groups excluding carboxylic acids is 1. The predicted molar refractivity (Wildman–Crippen MR) is 107 cm³/mol. The highest BCUT2D eigenvalue weighted by Gasteiger charge is 2.22. The van der Waals surface area contributed by atoms with Crippen molar-refractivity contribution < 1.29 is 4.79 Å². The molecule has 2 aromatic heterocycles. The number of aromatic nitrogens is 2. The highest BCUT2D eigenvalue weighted by Crippen LogP contribution is 2.28. The Balaban J connectivity index is 0.00000196. The molecule has 2 N–H and O–H groups in total. The van der Waals surface area contributed by atoms with Crippen LogP contribution in [0.4, 0.5) is 0 Å². The van der Waals surface area contributed by atoms with Crippen LogP contribution in [0.5, 0.6) is 0 Å². The van der Waals surface area contributed by atoms with Crippen molar-refractivity contribution in [2.75, 3.05) is 13.1 Å². The third-order valence-corrected chi connectivity index (χ3v) is 5.24. The molecule has 26 heavy (non-hydrogen) atoms. The Kier molecular flexibility index (Phi) is 6.08. The quantitative estimate of drug-likeness (QED) is 0.719. The second kappa shape index (κ2) is 8.49. The molecule has 4 rings (SSSR count). The van der Waals surface area contributed by atoms with Crippen LogP contribution in [0.15, 0.2) is 54.0 Å². The number of halogens is 1. The van der Waals surface area contributed by atoms with Crippen molar-refractivity contribution in [3.63, 3.8) is 0 Å². The third-order valence-electron chi connectivity index (χ3n) is 4.37. The van der Waals surface area contributed by atoms with Gasteiger partial charge in [-0.2, -0.15) is 5.10 Å². The summed E-state index contributed by atoms with van der Waals surface area (Å²) in [6.07, 6.45) is 3.93. The van der Waals surface area contributed by atoms with E-state index in [2.05, 4.69) is 15.7 Å². The lowest BCUT2D eigenvalue weighted by Crippen LogP contribution is -2.45. The van der Waals surface area contributed by atoms with Gasteiger partial charge in [-0.25, -0.2) is 4.68 Å². The maximum absolute atomic E-state index is 12.9. The van der Waals surface area contributed by atoms with Gasteiger partial charge >= 0.3 is 0 Å². The van der Waals surface area contributed by atoms with E-state index < -0.39 is 0 Å². The molecule has 1 fully saturated rings. The minimum atomic E-state index is -0.0562. The molecule has 0 aliphatic carbocycles. The third kappa shape index (κ3) is 3.98. The molecule has 5 nitrogen and oxygen atoms in total. The molecule has 0 bridgehead atoms. The number of nitrogens with one attached hydrogen (secondary N) is 2. The topological polar surface area (TPSA) is 59.0 Å². The van der Waals surface area contributed by atoms with Crippen LogP contribution in [-0.4, -0.2) is 34.8 Å². The van der Waals surface area contributed by atoms with E-state index in [4.69, 9.17) is 0 Å². The summed E-state index contributed by atoms with van der Waals surface area (Å²) in [6, 6.07) is 14.0. The van der Waals surface area contributed by atoms with E-state index in [1.165, 1.54) is 0 Å². The van der Waals surface area contributed by atoms with Crippen LogP contribution in [0.1, 0.15) is 23.2 Å². The number of carbonyl (C=O) groups is 1. The zero-order valence-corrected chi connectivity index (χ0v) is 15.9. The van der Waals surface area contributed by atoms with Crippen molar-refractivity contribution in [3.8, 4) is 16.3 Å². The van der Waals surface area contributed by atoms with Crippen LogP contribution in [0.2, 0.25) is 0 Å². The van der Waals surface area contributed by atoms with Crippen molar-refractivity contribution >= 4 is 29.7 Å². The number of benzene rings is 1. The first-order chi connectivity index (χ1) is 12.3. The number of piperidine rings is 1. The molecule has 0 unspecified atom stereocenters. The Morgan fingerprint density at radius 1 is 1.23 bits per heavy atom. The van der Waals surface area contributed by atoms with Crippen LogP contribution in [0.25, 0.3) is 16.3 Å². The minimum Gasteiger partial charge on any atom is -0.348 e. The van der Waals surface area contributed by atoms with Crippen LogP contribution in [-0.2, 0) is 0 Å². The zero-order valence-electron chi connectivity index (χ0n) is 14.2. The van der Waals surface area contributed by atoms with E-state index >= 15 is 0 Å². The van der Waals surface area contributed by atoms with E-state index in [0.717, 1.165) is 42.2 Å². The maximum atomic E-state index is 12.9. The lowest BCUT2D eigenvalue weighted by molar-refractivity contribution is 0.0931. The van der Waals surface area contributed by atoms with Crippen molar-refractivity contribution in [1.82, 2.24) is 20.4 Å². The Hall–Kier alpha value is -2.15. The summed E-state index contributed by atoms with van der Waals surface area (Å²) < 4.78 is 1.78. The number of hydrogen-bond donors (Lipinski definition) is 2. The Morgan fingerprint density at radius 3 is 2.77 bits per heavy atom. The smallest absolute Gasteiger partial charge is 0.255 e. The summed E-state index contributed by atoms with van der Waals surface area (Å²) >= 11 is 1.59. The van der Waals surface area contributed by atoms with Gasteiger partial charge in [0.2, 0.25) is 0 Å². The molecule has 3 heterocycles. The fraction of sp³-hybridized carbons (Fsp3) is 0.263. The van der Waals surface area contributed by atoms with Gasteiger partial charge in [-0.15, -0.1) is 23.7 Å². The lowest BCUT2D eigenvalue weighted by Gasteiger charge is -2.23. The Labute approximate surface area is 162 Å². The second-order valence-corrected chi connectivity index (χ2v) is 7.11. The molecule has 1 atom stereocenters. The normalized spacial score (nSPS) is 16.7. The highest BCUT2D eigenvalue weighted by molar-refractivity contribution is 7.13. The molecule has 136 valence electrons. The Bertz CT molecular complexity index is 842. The standard InChI is InChI=1S/C19H20N4OS.ClH/c24-19(21-14-6-4-10-20-12-14)16-13-23(15-7-2-1-3-8-15)22-18(16)17-9-5-11-25-17;/h1-3,5,7-9,11,13-14,20H,4,6,10,12H2,(H,21,24);1H/t14-;/m0./s1. The van der Waals surface area contributed by atoms with Gasteiger partial charge in [-0.3, -0.25) is 4.79 Å². The predicted octanol–water partition coefficient (Wildman–Crippen LogP) is 3.50. The molecule has 1 aliphatic heterocycles. The zero-order chi connectivity index (χ0) is 17.1. The number of amides is 1. The van der Waals surface area contributed by atoms with Crippen LogP contribution in [0, 0.1) is 0 Å². The summed E-state index contributed by atoms with van der Waals surface area (Å²) in [5.41, 5.74) is 2.30. The second-order valence-electron chi connectivity index (χ2n) is 6.17. The highest BCUT2D eigenvalue weighted by atomic mass is 35.5. The van der Waals surface area contributed by atoms with Gasteiger partial charge in [0.15, 0.2) is 0 Å². The summed E-state index contributed by atoms with van der Waals surface area (Å²) in [4.78, 5) is 13.9. The van der Waals surface area contributed by atoms with Crippen LogP contribution >= 0.6 is 23.7 Å². The van der Waals surface area contributed by atoms with Crippen molar-refractivity contribution in [3.05, 3.63) is 59.6 Å². The van der Waals surface area contributed by atoms with Crippen LogP contribution in [0.3, 0.4) is 0 Å². The van der Waals surface area contributed by atoms with Crippen LogP contribution < -0.4 is 10.6 Å². The van der Waals surface area contributed by atoms with E-state index in [-0.39, 0.29) is 24.4 Å². The molecule has 1 saturated heterocycles. The fourth-order valence-corrected chi connectivity index (χ4v) is 3.81. The van der Waals surface area contributed by atoms with Gasteiger partial charge in [-0.05, 0) is 43.0 Å². The summed E-state index contributed by atoms with van der Waals surface area (Å²) in [5.74, 6) is -0.0562. The lowest BCUT2D eigenvalue weighted by atomic mass is 10.1. The molecule has 3 aromatic rings. The van der Waals surface area contributed by atoms with Crippen molar-refractivity contribution in [1.29, 1.82) is 0 Å². The number of hydrogen-bond acceptors (Lipinski definition) is 4. The number of para-hydroxylation sites is 1.